The molecule has 0 amide bonds. The molecule has 0 spiro atoms. The molecule has 0 saturated carbocycles. The van der Waals surface area contributed by atoms with E-state index in [4.69, 9.17) is 14.4 Å². The van der Waals surface area contributed by atoms with Gasteiger partial charge in [0, 0.05) is 33.3 Å². The zero-order chi connectivity index (χ0) is 45.1. The summed E-state index contributed by atoms with van der Waals surface area (Å²) in [5.74, 6) is 2.64. The van der Waals surface area contributed by atoms with Crippen LogP contribution < -0.4 is 26.4 Å². The van der Waals surface area contributed by atoms with Gasteiger partial charge in [0.15, 0.2) is 0 Å². The first kappa shape index (κ1) is 41.6. The number of rotatable bonds is 2. The minimum Gasteiger partial charge on any atom is -0.468 e. The highest BCUT2D eigenvalue weighted by atomic mass is 16.3. The maximum atomic E-state index is 7.42. The normalized spacial score (nSPS) is 16.7. The van der Waals surface area contributed by atoms with E-state index in [1.54, 1.807) is 0 Å². The van der Waals surface area contributed by atoms with Crippen LogP contribution in [0.15, 0.2) is 95.4 Å². The Morgan fingerprint density at radius 2 is 1.11 bits per heavy atom. The summed E-state index contributed by atoms with van der Waals surface area (Å²) in [6.07, 6.45) is 1.09. The molecular formula is C57H65BN4O. The highest BCUT2D eigenvalue weighted by Crippen LogP contribution is 2.53. The zero-order valence-corrected chi connectivity index (χ0v) is 40.6. The summed E-state index contributed by atoms with van der Waals surface area (Å²) in [6.45, 7) is 36.7. The molecule has 3 aliphatic rings. The van der Waals surface area contributed by atoms with Crippen LogP contribution in [-0.2, 0) is 32.5 Å². The number of fused-ring (bicyclic) bond motifs is 8. The molecule has 0 atom stereocenters. The maximum Gasteiger partial charge on any atom is 0.301 e. The molecule has 0 fully saturated rings. The first-order valence-electron chi connectivity index (χ1n) is 23.2. The Labute approximate surface area is 376 Å². The van der Waals surface area contributed by atoms with E-state index in [9.17, 15) is 0 Å². The van der Waals surface area contributed by atoms with Crippen LogP contribution in [0.2, 0.25) is 0 Å². The Bertz CT molecular complexity index is 3030. The monoisotopic (exact) mass is 833 g/mol. The molecule has 322 valence electrons. The van der Waals surface area contributed by atoms with Gasteiger partial charge in [-0.3, -0.25) is 9.80 Å². The molecule has 4 heterocycles. The number of hydrogen-bond donors (Lipinski definition) is 0. The van der Waals surface area contributed by atoms with Crippen LogP contribution in [0, 0.1) is 0 Å². The van der Waals surface area contributed by atoms with Gasteiger partial charge in [-0.2, -0.15) is 0 Å². The lowest BCUT2D eigenvalue weighted by molar-refractivity contribution is 0.403. The summed E-state index contributed by atoms with van der Waals surface area (Å²) in [7, 11) is 0. The van der Waals surface area contributed by atoms with E-state index in [-0.39, 0.29) is 39.2 Å². The standard InChI is InChI=1S/C57H65BN4O/c1-52(2,3)35-19-22-38(23-20-35)61-44-26-21-37(54(7,8)9)30-43(44)58-46-49(61)59-51(55(10,11)12)60-50(46)62(39-24-25-41-42(31-39)57(15,16)32-56(41,13)14)47-40-28-34-27-36(53(4,5)6)18-17-33(34)29-45(40)63-48(47)58/h17-31H,32H2,1-16H3. The van der Waals surface area contributed by atoms with Gasteiger partial charge in [0.05, 0.1) is 11.3 Å². The van der Waals surface area contributed by atoms with Crippen molar-refractivity contribution in [2.75, 3.05) is 9.80 Å². The van der Waals surface area contributed by atoms with Crippen LogP contribution in [0.4, 0.5) is 34.4 Å². The fourth-order valence-electron chi connectivity index (χ4n) is 11.0. The third kappa shape index (κ3) is 6.47. The van der Waals surface area contributed by atoms with Crippen molar-refractivity contribution < 1.29 is 4.42 Å². The molecule has 1 aliphatic carbocycles. The number of furan rings is 1. The number of nitrogens with zero attached hydrogens (tertiary/aromatic N) is 4. The Kier molecular flexibility index (Phi) is 8.67. The van der Waals surface area contributed by atoms with E-state index < -0.39 is 0 Å². The highest BCUT2D eigenvalue weighted by Gasteiger charge is 2.50. The lowest BCUT2D eigenvalue weighted by atomic mass is 9.36. The summed E-state index contributed by atoms with van der Waals surface area (Å²) in [4.78, 5) is 16.3. The van der Waals surface area contributed by atoms with E-state index in [1.807, 2.05) is 0 Å². The van der Waals surface area contributed by atoms with Gasteiger partial charge >= 0.3 is 6.71 Å². The van der Waals surface area contributed by atoms with E-state index in [0.717, 1.165) is 68.7 Å². The second-order valence-electron chi connectivity index (χ2n) is 24.4. The number of anilines is 6. The van der Waals surface area contributed by atoms with Crippen molar-refractivity contribution in [1.29, 1.82) is 0 Å². The first-order chi connectivity index (χ1) is 29.2. The molecule has 0 N–H and O–H groups in total. The minimum atomic E-state index is -0.340. The summed E-state index contributed by atoms with van der Waals surface area (Å²) in [5, 5.41) is 3.48. The van der Waals surface area contributed by atoms with Gasteiger partial charge in [0.1, 0.15) is 23.0 Å². The average molecular weight is 833 g/mol. The molecule has 0 radical (unpaired) electrons. The third-order valence-electron chi connectivity index (χ3n) is 14.3. The molecule has 0 unspecified atom stereocenters. The number of benzene rings is 5. The summed E-state index contributed by atoms with van der Waals surface area (Å²) < 4.78 is 7.42. The molecular weight excluding hydrogens is 767 g/mol. The molecule has 5 nitrogen and oxygen atoms in total. The Morgan fingerprint density at radius 3 is 1.75 bits per heavy atom. The average Bonchev–Trinajstić information content (AvgIpc) is 3.63. The minimum absolute atomic E-state index is 0.00794. The van der Waals surface area contributed by atoms with Gasteiger partial charge in [-0.15, -0.1) is 0 Å². The fraction of sp³-hybridized carbons (Fsp3) is 0.404. The molecule has 10 rings (SSSR count). The quantitative estimate of drug-likeness (QED) is 0.162. The van der Waals surface area contributed by atoms with Crippen LogP contribution in [0.25, 0.3) is 21.7 Å². The van der Waals surface area contributed by atoms with E-state index in [0.29, 0.717) is 0 Å². The Balaban J connectivity index is 1.35. The molecule has 5 aromatic carbocycles. The van der Waals surface area contributed by atoms with Crippen molar-refractivity contribution in [3.8, 4) is 0 Å². The van der Waals surface area contributed by atoms with Crippen molar-refractivity contribution in [1.82, 2.24) is 9.97 Å². The SMILES string of the molecule is CC(C)(C)c1ccc(N2c3ccc(C(C)(C)C)cc3B3c4oc5cc6ccc(C(C)(C)C)cc6cc5c4N(c4ccc5c(c4)C(C)(C)CC5(C)C)c4nc(C(C)(C)C)nc2c43)cc1. The zero-order valence-electron chi connectivity index (χ0n) is 40.6. The molecule has 6 heteroatoms. The second kappa shape index (κ2) is 13.1. The van der Waals surface area contributed by atoms with Crippen LogP contribution in [0.1, 0.15) is 151 Å². The van der Waals surface area contributed by atoms with Gasteiger partial charge in [0.2, 0.25) is 0 Å². The second-order valence-corrected chi connectivity index (χ2v) is 24.4. The van der Waals surface area contributed by atoms with E-state index in [1.165, 1.54) is 44.1 Å². The molecule has 63 heavy (non-hydrogen) atoms. The van der Waals surface area contributed by atoms with Crippen LogP contribution in [0.3, 0.4) is 0 Å². The molecule has 2 aromatic heterocycles. The summed E-state index contributed by atoms with van der Waals surface area (Å²) >= 11 is 0. The van der Waals surface area contributed by atoms with Crippen molar-refractivity contribution in [2.45, 2.75) is 150 Å². The fourth-order valence-corrected chi connectivity index (χ4v) is 11.0. The highest BCUT2D eigenvalue weighted by molar-refractivity contribution is 6.99. The van der Waals surface area contributed by atoms with Gasteiger partial charge in [0.25, 0.3) is 0 Å². The van der Waals surface area contributed by atoms with Crippen molar-refractivity contribution in [3.05, 3.63) is 125 Å². The van der Waals surface area contributed by atoms with Crippen molar-refractivity contribution in [3.63, 3.8) is 0 Å². The molecule has 0 saturated heterocycles. The van der Waals surface area contributed by atoms with Gasteiger partial charge < -0.3 is 4.42 Å². The van der Waals surface area contributed by atoms with Gasteiger partial charge in [-0.1, -0.05) is 159 Å². The van der Waals surface area contributed by atoms with Gasteiger partial charge in [-0.25, -0.2) is 9.97 Å². The number of aromatic nitrogens is 2. The first-order valence-corrected chi connectivity index (χ1v) is 23.2. The van der Waals surface area contributed by atoms with Gasteiger partial charge in [-0.05, 0) is 120 Å². The maximum absolute atomic E-state index is 7.42. The van der Waals surface area contributed by atoms with E-state index in [2.05, 4.69) is 212 Å². The topological polar surface area (TPSA) is 45.4 Å². The molecule has 7 aromatic rings. The van der Waals surface area contributed by atoms with Crippen LogP contribution in [-0.4, -0.2) is 16.7 Å². The lowest BCUT2D eigenvalue weighted by Crippen LogP contribution is -2.62. The smallest absolute Gasteiger partial charge is 0.301 e. The number of hydrogen-bond acceptors (Lipinski definition) is 5. The Hall–Kier alpha value is -5.36. The van der Waals surface area contributed by atoms with Crippen molar-refractivity contribution in [2.24, 2.45) is 0 Å². The lowest BCUT2D eigenvalue weighted by Gasteiger charge is -2.42. The Morgan fingerprint density at radius 1 is 0.540 bits per heavy atom. The summed E-state index contributed by atoms with van der Waals surface area (Å²) in [6, 6.07) is 35.0. The molecule has 0 bridgehead atoms. The summed E-state index contributed by atoms with van der Waals surface area (Å²) in [5.41, 5.74) is 14.9. The van der Waals surface area contributed by atoms with Crippen LogP contribution >= 0.6 is 0 Å². The predicted molar refractivity (Wildman–Crippen MR) is 269 cm³/mol. The van der Waals surface area contributed by atoms with E-state index >= 15 is 0 Å². The predicted octanol–water partition coefficient (Wildman–Crippen LogP) is 13.6. The van der Waals surface area contributed by atoms with Crippen molar-refractivity contribution >= 4 is 79.4 Å². The largest absolute Gasteiger partial charge is 0.468 e. The third-order valence-corrected chi connectivity index (χ3v) is 14.3. The van der Waals surface area contributed by atoms with Crippen LogP contribution in [0.5, 0.6) is 0 Å². The molecule has 2 aliphatic heterocycles.